The van der Waals surface area contributed by atoms with Crippen molar-refractivity contribution in [3.8, 4) is 17.2 Å². The Morgan fingerprint density at radius 2 is 1.92 bits per heavy atom. The molecule has 1 aromatic carbocycles. The van der Waals surface area contributed by atoms with E-state index in [4.69, 9.17) is 0 Å². The molecule has 0 fully saturated rings. The maximum Gasteiger partial charge on any atom is 0.319 e. The van der Waals surface area contributed by atoms with E-state index in [9.17, 15) is 14.0 Å². The summed E-state index contributed by atoms with van der Waals surface area (Å²) >= 11 is 0. The van der Waals surface area contributed by atoms with Crippen molar-refractivity contribution >= 4 is 21.8 Å². The number of aryl methyl sites for hydroxylation is 1. The molecule has 0 amide bonds. The highest BCUT2D eigenvalue weighted by Crippen LogP contribution is 2.35. The molecule has 26 heavy (non-hydrogen) atoms. The van der Waals surface area contributed by atoms with E-state index in [0.717, 1.165) is 26.8 Å². The second-order valence-electron chi connectivity index (χ2n) is 5.96. The minimum Gasteiger partial charge on any atom is -0.284 e. The first-order valence-electron chi connectivity index (χ1n) is 8.19. The Morgan fingerprint density at radius 3 is 2.65 bits per heavy atom. The van der Waals surface area contributed by atoms with Gasteiger partial charge in [0, 0.05) is 34.9 Å². The molecular weight excluding hydrogens is 334 g/mol. The Morgan fingerprint density at radius 1 is 1.08 bits per heavy atom. The quantitative estimate of drug-likeness (QED) is 0.519. The average molecular weight is 348 g/mol. The van der Waals surface area contributed by atoms with Gasteiger partial charge in [0.1, 0.15) is 6.07 Å². The van der Waals surface area contributed by atoms with Crippen LogP contribution in [0.15, 0.2) is 48.9 Å². The van der Waals surface area contributed by atoms with Crippen LogP contribution in [-0.2, 0) is 6.42 Å². The first-order valence-corrected chi connectivity index (χ1v) is 8.19. The van der Waals surface area contributed by atoms with Gasteiger partial charge in [-0.05, 0) is 30.2 Å². The van der Waals surface area contributed by atoms with Crippen LogP contribution in [0.25, 0.3) is 32.9 Å². The number of aromatic nitrogens is 3. The van der Waals surface area contributed by atoms with E-state index in [2.05, 4.69) is 16.0 Å². The third kappa shape index (κ3) is 2.40. The van der Waals surface area contributed by atoms with E-state index in [1.807, 2.05) is 19.1 Å². The Kier molecular flexibility index (Phi) is 3.85. The molecule has 0 aliphatic heterocycles. The smallest absolute Gasteiger partial charge is 0.284 e. The van der Waals surface area contributed by atoms with Gasteiger partial charge < -0.3 is 0 Å². The van der Waals surface area contributed by atoms with Gasteiger partial charge in [-0.1, -0.05) is 19.1 Å². The summed E-state index contributed by atoms with van der Waals surface area (Å²) < 4.78 is 28.4. The third-order valence-electron chi connectivity index (χ3n) is 4.56. The molecule has 0 N–H and O–H groups in total. The Labute approximate surface area is 148 Å². The van der Waals surface area contributed by atoms with E-state index in [1.54, 1.807) is 30.6 Å². The number of fused-ring (bicyclic) bond motifs is 3. The molecule has 6 heteroatoms. The first kappa shape index (κ1) is 16.2. The molecule has 4 rings (SSSR count). The van der Waals surface area contributed by atoms with Gasteiger partial charge in [0.25, 0.3) is 0 Å². The first-order chi connectivity index (χ1) is 12.6. The van der Waals surface area contributed by atoms with Crippen molar-refractivity contribution in [2.75, 3.05) is 0 Å². The number of hydrogen-bond donors (Lipinski definition) is 0. The number of halogens is 2. The van der Waals surface area contributed by atoms with Crippen LogP contribution < -0.4 is 0 Å². The van der Waals surface area contributed by atoms with Crippen LogP contribution in [-0.4, -0.2) is 14.5 Å². The predicted molar refractivity (Wildman–Crippen MR) is 95.8 cm³/mol. The largest absolute Gasteiger partial charge is 0.319 e. The summed E-state index contributed by atoms with van der Waals surface area (Å²) in [6.45, 7) is -0.729. The standard InChI is InChI=1S/C20H14F2N4/c1-2-17-13(9-23)7-14(10-25-17)12-3-4-15-16-11-24-6-5-18(16)26(20(21)22)19(15)8-12/h3-8,10-11,20H,2H2,1H3. The van der Waals surface area contributed by atoms with E-state index >= 15 is 0 Å². The molecule has 0 spiro atoms. The van der Waals surface area contributed by atoms with E-state index in [1.165, 1.54) is 6.20 Å². The van der Waals surface area contributed by atoms with Gasteiger partial charge in [-0.25, -0.2) is 0 Å². The number of rotatable bonds is 3. The van der Waals surface area contributed by atoms with E-state index in [0.29, 0.717) is 28.4 Å². The number of benzene rings is 1. The van der Waals surface area contributed by atoms with Crippen LogP contribution in [0.3, 0.4) is 0 Å². The minimum atomic E-state index is -2.66. The summed E-state index contributed by atoms with van der Waals surface area (Å²) in [7, 11) is 0. The molecule has 4 nitrogen and oxygen atoms in total. The van der Waals surface area contributed by atoms with Gasteiger partial charge in [0.2, 0.25) is 0 Å². The second kappa shape index (κ2) is 6.19. The molecular formula is C20H14F2N4. The highest BCUT2D eigenvalue weighted by Gasteiger charge is 2.17. The monoisotopic (exact) mass is 348 g/mol. The maximum atomic E-state index is 13.7. The van der Waals surface area contributed by atoms with Crippen LogP contribution in [0.4, 0.5) is 8.78 Å². The molecule has 0 unspecified atom stereocenters. The van der Waals surface area contributed by atoms with Crippen molar-refractivity contribution < 1.29 is 8.78 Å². The molecule has 128 valence electrons. The number of hydrogen-bond acceptors (Lipinski definition) is 3. The van der Waals surface area contributed by atoms with Crippen molar-refractivity contribution in [3.05, 3.63) is 60.2 Å². The molecule has 0 bridgehead atoms. The lowest BCUT2D eigenvalue weighted by atomic mass is 10.0. The SMILES string of the molecule is CCc1ncc(-c2ccc3c4cnccc4n(C(F)F)c3c2)cc1C#N. The molecule has 0 saturated carbocycles. The highest BCUT2D eigenvalue weighted by molar-refractivity contribution is 6.08. The van der Waals surface area contributed by atoms with Crippen molar-refractivity contribution in [1.29, 1.82) is 5.26 Å². The molecule has 0 radical (unpaired) electrons. The highest BCUT2D eigenvalue weighted by atomic mass is 19.3. The average Bonchev–Trinajstić information content (AvgIpc) is 3.01. The van der Waals surface area contributed by atoms with Gasteiger partial charge in [0.05, 0.1) is 22.3 Å². The van der Waals surface area contributed by atoms with Crippen LogP contribution >= 0.6 is 0 Å². The van der Waals surface area contributed by atoms with Crippen LogP contribution in [0, 0.1) is 11.3 Å². The topological polar surface area (TPSA) is 54.5 Å². The zero-order valence-electron chi connectivity index (χ0n) is 13.9. The molecule has 3 heterocycles. The maximum absolute atomic E-state index is 13.7. The minimum absolute atomic E-state index is 0.429. The molecule has 3 aromatic heterocycles. The van der Waals surface area contributed by atoms with Crippen LogP contribution in [0.1, 0.15) is 24.7 Å². The summed E-state index contributed by atoms with van der Waals surface area (Å²) in [5, 5.41) is 10.7. The number of alkyl halides is 2. The molecule has 0 saturated heterocycles. The van der Waals surface area contributed by atoms with Crippen LogP contribution in [0.5, 0.6) is 0 Å². The molecule has 0 aliphatic rings. The van der Waals surface area contributed by atoms with E-state index in [-0.39, 0.29) is 0 Å². The lowest BCUT2D eigenvalue weighted by molar-refractivity contribution is 0.0796. The normalized spacial score (nSPS) is 11.3. The Hall–Kier alpha value is -3.33. The fraction of sp³-hybridized carbons (Fsp3) is 0.150. The second-order valence-corrected chi connectivity index (χ2v) is 5.96. The molecule has 4 aromatic rings. The van der Waals surface area contributed by atoms with Gasteiger partial charge in [0.15, 0.2) is 0 Å². The summed E-state index contributed by atoms with van der Waals surface area (Å²) in [5.41, 5.74) is 3.57. The van der Waals surface area contributed by atoms with Crippen molar-refractivity contribution in [3.63, 3.8) is 0 Å². The van der Waals surface area contributed by atoms with Gasteiger partial charge >= 0.3 is 6.55 Å². The van der Waals surface area contributed by atoms with Gasteiger partial charge in [-0.3, -0.25) is 14.5 Å². The van der Waals surface area contributed by atoms with Gasteiger partial charge in [-0.2, -0.15) is 14.0 Å². The number of nitrogens with zero attached hydrogens (tertiary/aromatic N) is 4. The lowest BCUT2D eigenvalue weighted by Crippen LogP contribution is -1.97. The number of pyridine rings is 2. The molecule has 0 atom stereocenters. The third-order valence-corrected chi connectivity index (χ3v) is 4.56. The fourth-order valence-corrected chi connectivity index (χ4v) is 3.31. The van der Waals surface area contributed by atoms with Crippen molar-refractivity contribution in [1.82, 2.24) is 14.5 Å². The zero-order chi connectivity index (χ0) is 18.3. The van der Waals surface area contributed by atoms with E-state index < -0.39 is 6.55 Å². The Balaban J connectivity index is 1.98. The van der Waals surface area contributed by atoms with Gasteiger partial charge in [-0.15, -0.1) is 0 Å². The van der Waals surface area contributed by atoms with Crippen molar-refractivity contribution in [2.45, 2.75) is 19.9 Å². The van der Waals surface area contributed by atoms with Crippen molar-refractivity contribution in [2.24, 2.45) is 0 Å². The fourth-order valence-electron chi connectivity index (χ4n) is 3.31. The summed E-state index contributed by atoms with van der Waals surface area (Å²) in [4.78, 5) is 8.39. The summed E-state index contributed by atoms with van der Waals surface area (Å²) in [5.74, 6) is 0. The number of nitriles is 1. The lowest BCUT2D eigenvalue weighted by Gasteiger charge is -2.08. The zero-order valence-corrected chi connectivity index (χ0v) is 13.9. The summed E-state index contributed by atoms with van der Waals surface area (Å²) in [6, 6.07) is 10.9. The summed E-state index contributed by atoms with van der Waals surface area (Å²) in [6.07, 6.45) is 5.45. The molecule has 0 aliphatic carbocycles. The predicted octanol–water partition coefficient (Wildman–Crippen LogP) is 5.08. The van der Waals surface area contributed by atoms with Crippen LogP contribution in [0.2, 0.25) is 0 Å². The Bertz CT molecular complexity index is 1170.